The molecule has 0 saturated heterocycles. The van der Waals surface area contributed by atoms with E-state index in [1.165, 1.54) is 10.9 Å². The summed E-state index contributed by atoms with van der Waals surface area (Å²) in [5.41, 5.74) is 4.18. The zero-order valence-corrected chi connectivity index (χ0v) is 10.6. The molecule has 3 N–H and O–H groups in total. The second-order valence-corrected chi connectivity index (χ2v) is 5.41. The standard InChI is InChI=1S/C14H19N3/c1-14(2,3)13(17-15)11-6-4-5-10-7-8-16-9-12(10)11/h4-9,13,17H,15H2,1-3H3. The molecule has 1 atom stereocenters. The lowest BCUT2D eigenvalue weighted by Gasteiger charge is -2.31. The highest BCUT2D eigenvalue weighted by atomic mass is 15.2. The van der Waals surface area contributed by atoms with Crippen molar-refractivity contribution in [1.82, 2.24) is 10.4 Å². The van der Waals surface area contributed by atoms with Crippen molar-refractivity contribution in [3.63, 3.8) is 0 Å². The minimum absolute atomic E-state index is 0.0544. The number of hydrogen-bond donors (Lipinski definition) is 2. The maximum absolute atomic E-state index is 5.71. The van der Waals surface area contributed by atoms with Gasteiger partial charge in [0.15, 0.2) is 0 Å². The highest BCUT2D eigenvalue weighted by Crippen LogP contribution is 2.35. The molecule has 3 heteroatoms. The van der Waals surface area contributed by atoms with Crippen molar-refractivity contribution in [3.05, 3.63) is 42.2 Å². The first-order valence-electron chi connectivity index (χ1n) is 5.83. The summed E-state index contributed by atoms with van der Waals surface area (Å²) >= 11 is 0. The summed E-state index contributed by atoms with van der Waals surface area (Å²) in [4.78, 5) is 4.20. The van der Waals surface area contributed by atoms with E-state index in [1.807, 2.05) is 18.5 Å². The van der Waals surface area contributed by atoms with Crippen LogP contribution in [0.3, 0.4) is 0 Å². The Morgan fingerprint density at radius 3 is 2.65 bits per heavy atom. The van der Waals surface area contributed by atoms with Crippen molar-refractivity contribution < 1.29 is 0 Å². The van der Waals surface area contributed by atoms with Crippen molar-refractivity contribution in [2.75, 3.05) is 0 Å². The lowest BCUT2D eigenvalue weighted by molar-refractivity contribution is 0.277. The normalized spacial score (nSPS) is 13.9. The first kappa shape index (κ1) is 12.0. The summed E-state index contributed by atoms with van der Waals surface area (Å²) in [6, 6.07) is 8.40. The van der Waals surface area contributed by atoms with Crippen LogP contribution in [-0.2, 0) is 0 Å². The molecule has 1 aromatic carbocycles. The van der Waals surface area contributed by atoms with E-state index in [4.69, 9.17) is 5.84 Å². The van der Waals surface area contributed by atoms with Gasteiger partial charge in [-0.05, 0) is 22.4 Å². The Kier molecular flexibility index (Phi) is 3.13. The van der Waals surface area contributed by atoms with Gasteiger partial charge in [-0.15, -0.1) is 0 Å². The van der Waals surface area contributed by atoms with Gasteiger partial charge in [0.25, 0.3) is 0 Å². The monoisotopic (exact) mass is 229 g/mol. The lowest BCUT2D eigenvalue weighted by atomic mass is 9.81. The molecule has 0 bridgehead atoms. The fourth-order valence-electron chi connectivity index (χ4n) is 2.19. The molecule has 0 aliphatic carbocycles. The maximum atomic E-state index is 5.71. The molecule has 2 rings (SSSR count). The van der Waals surface area contributed by atoms with Gasteiger partial charge in [0.1, 0.15) is 0 Å². The summed E-state index contributed by atoms with van der Waals surface area (Å²) in [6.45, 7) is 6.52. The van der Waals surface area contributed by atoms with Gasteiger partial charge in [-0.25, -0.2) is 0 Å². The first-order chi connectivity index (χ1) is 8.04. The number of nitrogens with zero attached hydrogens (tertiary/aromatic N) is 1. The smallest absolute Gasteiger partial charge is 0.0514 e. The first-order valence-corrected chi connectivity index (χ1v) is 5.83. The molecule has 0 aliphatic heterocycles. The summed E-state index contributed by atoms with van der Waals surface area (Å²) < 4.78 is 0. The van der Waals surface area contributed by atoms with Crippen LogP contribution in [-0.4, -0.2) is 4.98 Å². The van der Waals surface area contributed by atoms with Crippen molar-refractivity contribution in [3.8, 4) is 0 Å². The van der Waals surface area contributed by atoms with Crippen LogP contribution in [0.4, 0.5) is 0 Å². The van der Waals surface area contributed by atoms with Crippen LogP contribution in [0, 0.1) is 5.41 Å². The summed E-state index contributed by atoms with van der Waals surface area (Å²) in [7, 11) is 0. The number of hydrogen-bond acceptors (Lipinski definition) is 3. The molecule has 0 radical (unpaired) electrons. The van der Waals surface area contributed by atoms with Gasteiger partial charge >= 0.3 is 0 Å². The summed E-state index contributed by atoms with van der Waals surface area (Å²) in [5.74, 6) is 5.71. The van der Waals surface area contributed by atoms with Gasteiger partial charge < -0.3 is 0 Å². The van der Waals surface area contributed by atoms with Gasteiger partial charge in [-0.2, -0.15) is 0 Å². The predicted octanol–water partition coefficient (Wildman–Crippen LogP) is 2.79. The van der Waals surface area contributed by atoms with Crippen LogP contribution in [0.1, 0.15) is 32.4 Å². The Hall–Kier alpha value is -1.45. The van der Waals surface area contributed by atoms with E-state index in [9.17, 15) is 0 Å². The zero-order valence-electron chi connectivity index (χ0n) is 10.6. The van der Waals surface area contributed by atoms with Crippen molar-refractivity contribution in [2.24, 2.45) is 11.3 Å². The number of nitrogens with two attached hydrogens (primary N) is 1. The Bertz CT molecular complexity index is 509. The van der Waals surface area contributed by atoms with E-state index in [1.54, 1.807) is 0 Å². The molecule has 1 unspecified atom stereocenters. The second kappa shape index (κ2) is 4.43. The third kappa shape index (κ3) is 2.30. The van der Waals surface area contributed by atoms with Gasteiger partial charge in [0.2, 0.25) is 0 Å². The second-order valence-electron chi connectivity index (χ2n) is 5.41. The quantitative estimate of drug-likeness (QED) is 0.615. The molecule has 0 aliphatic rings. The van der Waals surface area contributed by atoms with E-state index in [-0.39, 0.29) is 11.5 Å². The number of benzene rings is 1. The van der Waals surface area contributed by atoms with E-state index in [2.05, 4.69) is 49.4 Å². The number of fused-ring (bicyclic) bond motifs is 1. The number of pyridine rings is 1. The average Bonchev–Trinajstić information content (AvgIpc) is 2.28. The molecule has 3 nitrogen and oxygen atoms in total. The fourth-order valence-corrected chi connectivity index (χ4v) is 2.19. The largest absolute Gasteiger partial charge is 0.271 e. The molecular formula is C14H19N3. The van der Waals surface area contributed by atoms with Crippen molar-refractivity contribution in [2.45, 2.75) is 26.8 Å². The number of aromatic nitrogens is 1. The van der Waals surface area contributed by atoms with Crippen molar-refractivity contribution in [1.29, 1.82) is 0 Å². The van der Waals surface area contributed by atoms with Gasteiger partial charge in [-0.1, -0.05) is 39.0 Å². The summed E-state index contributed by atoms with van der Waals surface area (Å²) in [6.07, 6.45) is 3.72. The third-order valence-electron chi connectivity index (χ3n) is 3.06. The van der Waals surface area contributed by atoms with Crippen LogP contribution >= 0.6 is 0 Å². The highest BCUT2D eigenvalue weighted by molar-refractivity contribution is 5.85. The molecule has 0 saturated carbocycles. The number of rotatable bonds is 2. The number of hydrazine groups is 1. The van der Waals surface area contributed by atoms with E-state index < -0.39 is 0 Å². The highest BCUT2D eigenvalue weighted by Gasteiger charge is 2.26. The molecule has 2 aromatic rings. The number of nitrogens with one attached hydrogen (secondary N) is 1. The van der Waals surface area contributed by atoms with E-state index in [0.717, 1.165) is 5.39 Å². The minimum Gasteiger partial charge on any atom is -0.271 e. The molecule has 90 valence electrons. The van der Waals surface area contributed by atoms with E-state index >= 15 is 0 Å². The molecule has 0 amide bonds. The average molecular weight is 229 g/mol. The molecule has 0 fully saturated rings. The molecule has 0 spiro atoms. The van der Waals surface area contributed by atoms with Crippen molar-refractivity contribution >= 4 is 10.8 Å². The topological polar surface area (TPSA) is 50.9 Å². The SMILES string of the molecule is CC(C)(C)C(NN)c1cccc2ccncc12. The maximum Gasteiger partial charge on any atom is 0.0514 e. The Labute approximate surface area is 102 Å². The minimum atomic E-state index is 0.0544. The molecular weight excluding hydrogens is 210 g/mol. The molecule has 17 heavy (non-hydrogen) atoms. The van der Waals surface area contributed by atoms with Crippen LogP contribution in [0.5, 0.6) is 0 Å². The summed E-state index contributed by atoms with van der Waals surface area (Å²) in [5, 5.41) is 2.36. The van der Waals surface area contributed by atoms with Gasteiger partial charge in [0, 0.05) is 17.8 Å². The lowest BCUT2D eigenvalue weighted by Crippen LogP contribution is -2.36. The van der Waals surface area contributed by atoms with Crippen LogP contribution in [0.25, 0.3) is 10.8 Å². The van der Waals surface area contributed by atoms with E-state index in [0.29, 0.717) is 0 Å². The zero-order chi connectivity index (χ0) is 12.5. The Morgan fingerprint density at radius 1 is 1.24 bits per heavy atom. The molecule has 1 aromatic heterocycles. The van der Waals surface area contributed by atoms with Gasteiger partial charge in [0.05, 0.1) is 6.04 Å². The Morgan fingerprint density at radius 2 is 2.00 bits per heavy atom. The fraction of sp³-hybridized carbons (Fsp3) is 0.357. The van der Waals surface area contributed by atoms with Crippen LogP contribution in [0.2, 0.25) is 0 Å². The van der Waals surface area contributed by atoms with Gasteiger partial charge in [-0.3, -0.25) is 16.3 Å². The van der Waals surface area contributed by atoms with Crippen LogP contribution < -0.4 is 11.3 Å². The Balaban J connectivity index is 2.62. The predicted molar refractivity (Wildman–Crippen MR) is 71.3 cm³/mol. The molecule has 1 heterocycles. The third-order valence-corrected chi connectivity index (χ3v) is 3.06. The van der Waals surface area contributed by atoms with Crippen LogP contribution in [0.15, 0.2) is 36.7 Å².